The molecule has 0 radical (unpaired) electrons. The lowest BCUT2D eigenvalue weighted by Gasteiger charge is -2.41. The van der Waals surface area contributed by atoms with Crippen molar-refractivity contribution in [2.24, 2.45) is 0 Å². The van der Waals surface area contributed by atoms with E-state index < -0.39 is 11.4 Å². The largest absolute Gasteiger partial charge is 0.388 e. The van der Waals surface area contributed by atoms with E-state index in [0.29, 0.717) is 26.8 Å². The molecule has 2 atom stereocenters. The summed E-state index contributed by atoms with van der Waals surface area (Å²) in [6.07, 6.45) is 0. The second-order valence-corrected chi connectivity index (χ2v) is 12.4. The van der Waals surface area contributed by atoms with Crippen LogP contribution in [0.4, 0.5) is 6.01 Å². The lowest BCUT2D eigenvalue weighted by atomic mass is 9.89. The fourth-order valence-corrected chi connectivity index (χ4v) is 7.19. The molecule has 2 unspecified atom stereocenters. The number of amides is 1. The van der Waals surface area contributed by atoms with Gasteiger partial charge in [0.2, 0.25) is 0 Å². The number of hydrogen-bond acceptors (Lipinski definition) is 5. The van der Waals surface area contributed by atoms with Crippen molar-refractivity contribution in [2.75, 3.05) is 4.90 Å². The monoisotopic (exact) mass is 644 g/mol. The van der Waals surface area contributed by atoms with Crippen molar-refractivity contribution >= 4 is 78.7 Å². The smallest absolute Gasteiger partial charge is 0.331 e. The fourth-order valence-electron chi connectivity index (χ4n) is 6.67. The molecular weight excluding hydrogens is 623 g/mol. The van der Waals surface area contributed by atoms with Crippen LogP contribution in [-0.4, -0.2) is 36.0 Å². The third-order valence-electron chi connectivity index (χ3n) is 8.77. The molecule has 0 spiro atoms. The minimum absolute atomic E-state index is 0.0611. The van der Waals surface area contributed by atoms with Crippen molar-refractivity contribution in [1.82, 2.24) is 24.7 Å². The molecule has 46 heavy (non-hydrogen) atoms. The van der Waals surface area contributed by atoms with Gasteiger partial charge in [0.25, 0.3) is 11.5 Å². The average Bonchev–Trinajstić information content (AvgIpc) is 3.80. The standard InChI is InChI=1S/C35H22Cl2N6O3/c1-17-11-13-24-22(15-17)26(28(38-24)18-7-3-2-4-8-18)31-27(37)33(45)43(31)35-41-40-34(46-35)42-30-23-16-19(36)12-14-25(23)39-29(30)20-9-5-6-10-21(20)32(42)44/h2-16,27,31,38-39H,1H3. The highest BCUT2D eigenvalue weighted by atomic mass is 35.5. The number of aromatic amines is 2. The van der Waals surface area contributed by atoms with E-state index in [9.17, 15) is 9.59 Å². The van der Waals surface area contributed by atoms with E-state index in [2.05, 4.69) is 26.2 Å². The van der Waals surface area contributed by atoms with Crippen molar-refractivity contribution in [3.63, 3.8) is 0 Å². The number of β-lactam (4-membered cyclic amide) rings is 1. The molecule has 4 aromatic carbocycles. The van der Waals surface area contributed by atoms with E-state index in [-0.39, 0.29) is 23.5 Å². The first-order chi connectivity index (χ1) is 22.4. The number of aryl methyl sites for hydroxylation is 1. The van der Waals surface area contributed by atoms with Gasteiger partial charge in [0.15, 0.2) is 0 Å². The number of anilines is 1. The van der Waals surface area contributed by atoms with Gasteiger partial charge in [0, 0.05) is 43.2 Å². The number of carbonyl (C=O) groups is 1. The average molecular weight is 646 g/mol. The summed E-state index contributed by atoms with van der Waals surface area (Å²) in [6.45, 7) is 2.02. The second kappa shape index (κ2) is 9.81. The molecule has 8 aromatic rings. The van der Waals surface area contributed by atoms with Crippen molar-refractivity contribution < 1.29 is 9.21 Å². The minimum atomic E-state index is -0.872. The predicted octanol–water partition coefficient (Wildman–Crippen LogP) is 7.81. The van der Waals surface area contributed by atoms with Gasteiger partial charge in [-0.15, -0.1) is 11.6 Å². The number of hydrogen-bond donors (Lipinski definition) is 2. The van der Waals surface area contributed by atoms with Crippen molar-refractivity contribution in [2.45, 2.75) is 18.3 Å². The molecule has 11 heteroatoms. The van der Waals surface area contributed by atoms with Crippen LogP contribution < -0.4 is 10.5 Å². The van der Waals surface area contributed by atoms with E-state index in [0.717, 1.165) is 44.2 Å². The minimum Gasteiger partial charge on any atom is -0.388 e. The Morgan fingerprint density at radius 1 is 0.783 bits per heavy atom. The summed E-state index contributed by atoms with van der Waals surface area (Å²) in [6, 6.07) is 28.0. The quantitative estimate of drug-likeness (QED) is 0.150. The highest BCUT2D eigenvalue weighted by Gasteiger charge is 2.52. The summed E-state index contributed by atoms with van der Waals surface area (Å²) in [7, 11) is 0. The van der Waals surface area contributed by atoms with E-state index in [4.69, 9.17) is 27.6 Å². The van der Waals surface area contributed by atoms with Gasteiger partial charge >= 0.3 is 12.0 Å². The van der Waals surface area contributed by atoms with E-state index >= 15 is 0 Å². The molecule has 9 rings (SSSR count). The first-order valence-electron chi connectivity index (χ1n) is 14.6. The number of H-pyrrole nitrogens is 2. The van der Waals surface area contributed by atoms with Crippen molar-refractivity contribution in [3.8, 4) is 17.3 Å². The fraction of sp³-hybridized carbons (Fsp3) is 0.0857. The van der Waals surface area contributed by atoms with Crippen LogP contribution in [0.15, 0.2) is 100 Å². The van der Waals surface area contributed by atoms with E-state index in [1.807, 2.05) is 67.6 Å². The number of aromatic nitrogens is 5. The lowest BCUT2D eigenvalue weighted by molar-refractivity contribution is -0.124. The maximum Gasteiger partial charge on any atom is 0.331 e. The molecule has 0 saturated carbocycles. The van der Waals surface area contributed by atoms with Crippen LogP contribution in [-0.2, 0) is 4.79 Å². The van der Waals surface area contributed by atoms with Gasteiger partial charge in [-0.3, -0.25) is 14.5 Å². The molecule has 4 aromatic heterocycles. The summed E-state index contributed by atoms with van der Waals surface area (Å²) in [4.78, 5) is 35.9. The van der Waals surface area contributed by atoms with Crippen LogP contribution in [0.3, 0.4) is 0 Å². The third kappa shape index (κ3) is 3.76. The first-order valence-corrected chi connectivity index (χ1v) is 15.4. The number of alkyl halides is 1. The van der Waals surface area contributed by atoms with Gasteiger partial charge < -0.3 is 14.4 Å². The van der Waals surface area contributed by atoms with Gasteiger partial charge in [-0.25, -0.2) is 4.57 Å². The SMILES string of the molecule is Cc1ccc2[nH]c(-c3ccccc3)c(C3C(Cl)C(=O)N3c3nnc(-n4c(=O)c5ccccc5c5[nH]c6ccc(Cl)cc6c54)o3)c2c1. The molecule has 1 aliphatic rings. The number of fused-ring (bicyclic) bond motifs is 6. The van der Waals surface area contributed by atoms with Crippen LogP contribution in [0.2, 0.25) is 5.02 Å². The van der Waals surface area contributed by atoms with Gasteiger partial charge in [-0.2, -0.15) is 0 Å². The Morgan fingerprint density at radius 3 is 2.33 bits per heavy atom. The van der Waals surface area contributed by atoms with Gasteiger partial charge in [-0.1, -0.05) is 82.0 Å². The molecule has 1 saturated heterocycles. The maximum atomic E-state index is 14.1. The topological polar surface area (TPSA) is 113 Å². The molecule has 0 bridgehead atoms. The normalized spacial score (nSPS) is 16.7. The molecule has 5 heterocycles. The highest BCUT2D eigenvalue weighted by molar-refractivity contribution is 6.37. The molecule has 0 aliphatic carbocycles. The van der Waals surface area contributed by atoms with Crippen LogP contribution in [0.5, 0.6) is 0 Å². The first kappa shape index (κ1) is 27.0. The second-order valence-electron chi connectivity index (χ2n) is 11.5. The summed E-state index contributed by atoms with van der Waals surface area (Å²) >= 11 is 13.2. The number of carbonyl (C=O) groups excluding carboxylic acids is 1. The summed E-state index contributed by atoms with van der Waals surface area (Å²) in [5.74, 6) is -0.377. The van der Waals surface area contributed by atoms with Gasteiger partial charge in [-0.05, 0) is 48.9 Å². The Hall–Kier alpha value is -5.38. The Morgan fingerprint density at radius 2 is 1.50 bits per heavy atom. The number of nitrogens with one attached hydrogen (secondary N) is 2. The zero-order chi connectivity index (χ0) is 31.3. The van der Waals surface area contributed by atoms with Crippen LogP contribution >= 0.6 is 23.2 Å². The number of benzene rings is 4. The molecular formula is C35H22Cl2N6O3. The van der Waals surface area contributed by atoms with Gasteiger partial charge in [0.1, 0.15) is 5.38 Å². The summed E-state index contributed by atoms with van der Waals surface area (Å²) in [5, 5.41) is 11.1. The molecule has 224 valence electrons. The Bertz CT molecular complexity index is 2600. The molecule has 2 N–H and O–H groups in total. The third-order valence-corrected chi connectivity index (χ3v) is 9.43. The lowest BCUT2D eigenvalue weighted by Crippen LogP contribution is -2.56. The molecule has 1 aliphatic heterocycles. The number of rotatable bonds is 4. The number of nitrogens with zero attached hydrogens (tertiary/aromatic N) is 4. The Kier molecular flexibility index (Phi) is 5.75. The molecule has 9 nitrogen and oxygen atoms in total. The molecule has 1 amide bonds. The van der Waals surface area contributed by atoms with E-state index in [1.165, 1.54) is 9.47 Å². The number of halogens is 2. The highest BCUT2D eigenvalue weighted by Crippen LogP contribution is 2.48. The van der Waals surface area contributed by atoms with Gasteiger partial charge in [0.05, 0.1) is 22.8 Å². The maximum absolute atomic E-state index is 14.1. The van der Waals surface area contributed by atoms with Crippen molar-refractivity contribution in [3.05, 3.63) is 117 Å². The Labute approximate surface area is 270 Å². The predicted molar refractivity (Wildman–Crippen MR) is 180 cm³/mol. The van der Waals surface area contributed by atoms with Crippen LogP contribution in [0, 0.1) is 6.92 Å². The van der Waals surface area contributed by atoms with Crippen LogP contribution in [0.25, 0.3) is 60.9 Å². The summed E-state index contributed by atoms with van der Waals surface area (Å²) < 4.78 is 7.60. The Balaban J connectivity index is 1.24. The zero-order valence-corrected chi connectivity index (χ0v) is 25.6. The summed E-state index contributed by atoms with van der Waals surface area (Å²) in [5.41, 5.74) is 6.31. The number of pyridine rings is 1. The zero-order valence-electron chi connectivity index (χ0n) is 24.1. The van der Waals surface area contributed by atoms with Crippen LogP contribution in [0.1, 0.15) is 17.2 Å². The van der Waals surface area contributed by atoms with Crippen molar-refractivity contribution in [1.29, 1.82) is 0 Å². The van der Waals surface area contributed by atoms with E-state index in [1.54, 1.807) is 24.3 Å². The molecule has 1 fully saturated rings.